The van der Waals surface area contributed by atoms with E-state index in [9.17, 15) is 9.59 Å². The first-order valence-electron chi connectivity index (χ1n) is 9.12. The number of methoxy groups -OCH3 is 1. The number of esters is 1. The van der Waals surface area contributed by atoms with E-state index in [-0.39, 0.29) is 6.54 Å². The van der Waals surface area contributed by atoms with Crippen molar-refractivity contribution in [2.45, 2.75) is 20.4 Å². The number of carbonyl (C=O) groups is 2. The van der Waals surface area contributed by atoms with Gasteiger partial charge in [-0.3, -0.25) is 9.59 Å². The van der Waals surface area contributed by atoms with Crippen molar-refractivity contribution in [1.82, 2.24) is 4.57 Å². The molecule has 0 aliphatic carbocycles. The smallest absolute Gasteiger partial charge is 0.325 e. The number of nitrogens with zero attached hydrogens (tertiary/aromatic N) is 2. The molecule has 1 aliphatic heterocycles. The third kappa shape index (κ3) is 3.75. The third-order valence-electron chi connectivity index (χ3n) is 4.62. The summed E-state index contributed by atoms with van der Waals surface area (Å²) < 4.78 is 18.6. The highest BCUT2D eigenvalue weighted by Crippen LogP contribution is 2.31. The quantitative estimate of drug-likeness (QED) is 0.618. The van der Waals surface area contributed by atoms with Crippen molar-refractivity contribution in [2.24, 2.45) is 4.99 Å². The van der Waals surface area contributed by atoms with Gasteiger partial charge in [-0.2, -0.15) is 4.99 Å². The second-order valence-corrected chi connectivity index (χ2v) is 7.73. The van der Waals surface area contributed by atoms with Gasteiger partial charge in [0.1, 0.15) is 19.8 Å². The molecule has 7 nitrogen and oxygen atoms in total. The maximum absolute atomic E-state index is 12.9. The van der Waals surface area contributed by atoms with Crippen LogP contribution in [0, 0.1) is 13.8 Å². The molecule has 2 heterocycles. The van der Waals surface area contributed by atoms with Crippen molar-refractivity contribution >= 4 is 33.4 Å². The molecule has 0 bridgehead atoms. The second-order valence-electron chi connectivity index (χ2n) is 6.75. The summed E-state index contributed by atoms with van der Waals surface area (Å²) in [6, 6.07) is 9.04. The minimum Gasteiger partial charge on any atom is -0.486 e. The molecule has 1 aliphatic rings. The Labute approximate surface area is 171 Å². The highest BCUT2D eigenvalue weighted by atomic mass is 32.1. The van der Waals surface area contributed by atoms with Gasteiger partial charge in [-0.15, -0.1) is 0 Å². The molecule has 1 aromatic heterocycles. The van der Waals surface area contributed by atoms with Gasteiger partial charge in [-0.25, -0.2) is 0 Å². The third-order valence-corrected chi connectivity index (χ3v) is 5.85. The molecule has 8 heteroatoms. The van der Waals surface area contributed by atoms with Gasteiger partial charge in [0.25, 0.3) is 5.91 Å². The van der Waals surface area contributed by atoms with Gasteiger partial charge in [-0.1, -0.05) is 17.4 Å². The van der Waals surface area contributed by atoms with E-state index < -0.39 is 11.9 Å². The molecule has 3 aromatic rings. The highest BCUT2D eigenvalue weighted by molar-refractivity contribution is 7.16. The summed E-state index contributed by atoms with van der Waals surface area (Å²) in [6.07, 6.45) is 0. The summed E-state index contributed by atoms with van der Waals surface area (Å²) >= 11 is 1.38. The van der Waals surface area contributed by atoms with Gasteiger partial charge in [0.05, 0.1) is 17.3 Å². The van der Waals surface area contributed by atoms with Crippen LogP contribution in [0.3, 0.4) is 0 Å². The molecule has 0 saturated carbocycles. The van der Waals surface area contributed by atoms with E-state index in [1.807, 2.05) is 19.9 Å². The Morgan fingerprint density at radius 1 is 1.14 bits per heavy atom. The van der Waals surface area contributed by atoms with Gasteiger partial charge in [-0.05, 0) is 49.2 Å². The Bertz CT molecular complexity index is 1190. The molecule has 0 radical (unpaired) electrons. The van der Waals surface area contributed by atoms with E-state index in [1.165, 1.54) is 18.4 Å². The zero-order valence-corrected chi connectivity index (χ0v) is 17.2. The first-order chi connectivity index (χ1) is 14.0. The van der Waals surface area contributed by atoms with Crippen molar-refractivity contribution in [2.75, 3.05) is 20.3 Å². The lowest BCUT2D eigenvalue weighted by atomic mass is 10.1. The fourth-order valence-electron chi connectivity index (χ4n) is 3.27. The molecule has 0 fully saturated rings. The largest absolute Gasteiger partial charge is 0.486 e. The monoisotopic (exact) mass is 412 g/mol. The summed E-state index contributed by atoms with van der Waals surface area (Å²) in [5.41, 5.74) is 3.38. The fraction of sp³-hybridized carbons (Fsp3) is 0.286. The molecule has 1 amide bonds. The van der Waals surface area contributed by atoms with Crippen LogP contribution in [0.25, 0.3) is 10.2 Å². The van der Waals surface area contributed by atoms with E-state index in [1.54, 1.807) is 22.8 Å². The molecule has 150 valence electrons. The van der Waals surface area contributed by atoms with E-state index in [2.05, 4.69) is 11.1 Å². The predicted octanol–water partition coefficient (Wildman–Crippen LogP) is 3.00. The zero-order valence-electron chi connectivity index (χ0n) is 16.4. The van der Waals surface area contributed by atoms with Crippen molar-refractivity contribution in [3.63, 3.8) is 0 Å². The minimum absolute atomic E-state index is 0.0212. The van der Waals surface area contributed by atoms with Gasteiger partial charge < -0.3 is 18.8 Å². The Balaban J connectivity index is 1.82. The topological polar surface area (TPSA) is 79.1 Å². The van der Waals surface area contributed by atoms with Crippen LogP contribution in [-0.4, -0.2) is 36.8 Å². The Hall–Kier alpha value is -3.13. The Morgan fingerprint density at radius 3 is 2.66 bits per heavy atom. The molecular weight excluding hydrogens is 392 g/mol. The number of amides is 1. The number of hydrogen-bond donors (Lipinski definition) is 0. The van der Waals surface area contributed by atoms with Crippen LogP contribution in [0.15, 0.2) is 35.3 Å². The van der Waals surface area contributed by atoms with Crippen molar-refractivity contribution in [1.29, 1.82) is 0 Å². The predicted molar refractivity (Wildman–Crippen MR) is 109 cm³/mol. The van der Waals surface area contributed by atoms with Crippen LogP contribution < -0.4 is 14.3 Å². The molecule has 2 aromatic carbocycles. The van der Waals surface area contributed by atoms with Crippen LogP contribution in [0.2, 0.25) is 0 Å². The molecule has 0 saturated heterocycles. The van der Waals surface area contributed by atoms with Crippen LogP contribution in [0.1, 0.15) is 21.5 Å². The second kappa shape index (κ2) is 7.71. The minimum atomic E-state index is -0.415. The Kier molecular flexibility index (Phi) is 5.10. The van der Waals surface area contributed by atoms with E-state index in [0.717, 1.165) is 21.3 Å². The molecule has 4 rings (SSSR count). The average Bonchev–Trinajstić information content (AvgIpc) is 3.04. The Morgan fingerprint density at radius 2 is 1.90 bits per heavy atom. The standard InChI is InChI=1S/C21H20N2O5S/c1-12-8-13(2)19-15(9-12)23(11-18(24)26-3)21(29-19)22-20(25)14-4-5-16-17(10-14)28-7-6-27-16/h4-5,8-10H,6-7,11H2,1-3H3. The van der Waals surface area contributed by atoms with Crippen LogP contribution in [0.5, 0.6) is 11.5 Å². The number of rotatable bonds is 3. The number of aryl methyl sites for hydroxylation is 2. The molecule has 0 atom stereocenters. The van der Waals surface area contributed by atoms with E-state index in [0.29, 0.717) is 35.1 Å². The lowest BCUT2D eigenvalue weighted by Gasteiger charge is -2.18. The van der Waals surface area contributed by atoms with Gasteiger partial charge in [0, 0.05) is 5.56 Å². The van der Waals surface area contributed by atoms with Gasteiger partial charge >= 0.3 is 5.97 Å². The van der Waals surface area contributed by atoms with Crippen LogP contribution in [-0.2, 0) is 16.1 Å². The van der Waals surface area contributed by atoms with Crippen molar-refractivity contribution in [3.05, 3.63) is 51.8 Å². The SMILES string of the molecule is COC(=O)Cn1c(=NC(=O)c2ccc3c(c2)OCCO3)sc2c(C)cc(C)cc21. The fourth-order valence-corrected chi connectivity index (χ4v) is 4.35. The van der Waals surface area contributed by atoms with E-state index >= 15 is 0 Å². The number of benzene rings is 2. The first kappa shape index (κ1) is 19.2. The van der Waals surface area contributed by atoms with Crippen LogP contribution >= 0.6 is 11.3 Å². The first-order valence-corrected chi connectivity index (χ1v) is 9.94. The van der Waals surface area contributed by atoms with Crippen LogP contribution in [0.4, 0.5) is 0 Å². The number of fused-ring (bicyclic) bond motifs is 2. The maximum Gasteiger partial charge on any atom is 0.325 e. The molecule has 0 N–H and O–H groups in total. The average molecular weight is 412 g/mol. The van der Waals surface area contributed by atoms with Crippen molar-refractivity contribution in [3.8, 4) is 11.5 Å². The summed E-state index contributed by atoms with van der Waals surface area (Å²) in [4.78, 5) is 29.6. The summed E-state index contributed by atoms with van der Waals surface area (Å²) in [5, 5.41) is 0. The molecule has 0 spiro atoms. The molecule has 29 heavy (non-hydrogen) atoms. The summed E-state index contributed by atoms with van der Waals surface area (Å²) in [6.45, 7) is 4.89. The summed E-state index contributed by atoms with van der Waals surface area (Å²) in [7, 11) is 1.34. The van der Waals surface area contributed by atoms with Gasteiger partial charge in [0.2, 0.25) is 0 Å². The number of hydrogen-bond acceptors (Lipinski definition) is 6. The maximum atomic E-state index is 12.9. The molecule has 0 unspecified atom stereocenters. The lowest BCUT2D eigenvalue weighted by Crippen LogP contribution is -2.22. The zero-order chi connectivity index (χ0) is 20.5. The van der Waals surface area contributed by atoms with Gasteiger partial charge in [0.15, 0.2) is 16.3 Å². The summed E-state index contributed by atoms with van der Waals surface area (Å²) in [5.74, 6) is 0.322. The highest BCUT2D eigenvalue weighted by Gasteiger charge is 2.17. The van der Waals surface area contributed by atoms with E-state index in [4.69, 9.17) is 14.2 Å². The normalized spacial score (nSPS) is 13.6. The number of aromatic nitrogens is 1. The molecular formula is C21H20N2O5S. The lowest BCUT2D eigenvalue weighted by molar-refractivity contribution is -0.141. The number of carbonyl (C=O) groups excluding carboxylic acids is 2. The number of thiazole rings is 1. The van der Waals surface area contributed by atoms with Crippen molar-refractivity contribution < 1.29 is 23.8 Å². The number of ether oxygens (including phenoxy) is 3.